The third kappa shape index (κ3) is 4.65. The smallest absolute Gasteiger partial charge is 0.154 e. The lowest BCUT2D eigenvalue weighted by Crippen LogP contribution is -2.31. The maximum Gasteiger partial charge on any atom is 0.154 e. The lowest BCUT2D eigenvalue weighted by molar-refractivity contribution is 0.0472. The van der Waals surface area contributed by atoms with Crippen LogP contribution in [0.1, 0.15) is 32.3 Å². The molecule has 1 aromatic heterocycles. The zero-order chi connectivity index (χ0) is 20.1. The van der Waals surface area contributed by atoms with Crippen molar-refractivity contribution in [1.29, 1.82) is 0 Å². The molecular weight excluding hydrogens is 350 g/mol. The van der Waals surface area contributed by atoms with E-state index in [4.69, 9.17) is 9.47 Å². The van der Waals surface area contributed by atoms with Crippen molar-refractivity contribution in [3.05, 3.63) is 46.6 Å². The van der Waals surface area contributed by atoms with Crippen molar-refractivity contribution in [2.45, 2.75) is 39.7 Å². The van der Waals surface area contributed by atoms with Gasteiger partial charge in [0.1, 0.15) is 11.9 Å². The van der Waals surface area contributed by atoms with E-state index >= 15 is 0 Å². The highest BCUT2D eigenvalue weighted by atomic mass is 16.5. The molecule has 2 aromatic rings. The molecule has 150 valence electrons. The third-order valence-corrected chi connectivity index (χ3v) is 5.17. The minimum absolute atomic E-state index is 0.0430. The molecule has 5 heteroatoms. The molecule has 0 spiro atoms. The molecule has 0 radical (unpaired) electrons. The highest BCUT2D eigenvalue weighted by Crippen LogP contribution is 2.30. The standard InChI is InChI=1S/C23H31N3O2/c1-6-24-23(22-18(4)11-12-26(22)5)25-19-10-9-16(2)14-20(19)28-21-15-27-13-7-8-17(21)3/h6,9-12,14,17,21,25H,4,7-8,13,15H2,1-3,5H3/b23-22-,24-6?/t17?,21-/m1/s1. The van der Waals surface area contributed by atoms with Crippen LogP contribution in [0.2, 0.25) is 0 Å². The van der Waals surface area contributed by atoms with E-state index < -0.39 is 0 Å². The molecule has 28 heavy (non-hydrogen) atoms. The van der Waals surface area contributed by atoms with E-state index in [0.29, 0.717) is 12.5 Å². The molecule has 1 aliphatic rings. The summed E-state index contributed by atoms with van der Waals surface area (Å²) in [4.78, 5) is 4.56. The van der Waals surface area contributed by atoms with Crippen molar-refractivity contribution in [3.63, 3.8) is 0 Å². The molecule has 2 heterocycles. The number of hydrogen-bond acceptors (Lipinski definition) is 4. The maximum absolute atomic E-state index is 6.44. The second-order valence-corrected chi connectivity index (χ2v) is 7.51. The molecule has 5 nitrogen and oxygen atoms in total. The Hall–Kier alpha value is -2.53. The monoisotopic (exact) mass is 381 g/mol. The maximum atomic E-state index is 6.44. The first kappa shape index (κ1) is 20.2. The first-order valence-electron chi connectivity index (χ1n) is 9.95. The van der Waals surface area contributed by atoms with Gasteiger partial charge in [0.25, 0.3) is 0 Å². The molecule has 1 saturated heterocycles. The molecule has 1 N–H and O–H groups in total. The van der Waals surface area contributed by atoms with Crippen LogP contribution in [0, 0.1) is 12.8 Å². The van der Waals surface area contributed by atoms with Gasteiger partial charge in [0, 0.05) is 26.1 Å². The van der Waals surface area contributed by atoms with E-state index in [2.05, 4.69) is 42.9 Å². The summed E-state index contributed by atoms with van der Waals surface area (Å²) in [5, 5.41) is 5.35. The number of nitrogens with one attached hydrogen (secondary N) is 1. The summed E-state index contributed by atoms with van der Waals surface area (Å²) in [5.74, 6) is 2.03. The second-order valence-electron chi connectivity index (χ2n) is 7.51. The lowest BCUT2D eigenvalue weighted by atomic mass is 10.0. The van der Waals surface area contributed by atoms with Crippen LogP contribution in [0.5, 0.6) is 5.75 Å². The number of aliphatic imine (C=N–C) groups is 1. The molecule has 2 atom stereocenters. The molecule has 3 rings (SSSR count). The number of ether oxygens (including phenoxy) is 2. The van der Waals surface area contributed by atoms with E-state index in [1.165, 1.54) is 0 Å². The van der Waals surface area contributed by atoms with Crippen LogP contribution in [0.4, 0.5) is 5.69 Å². The Morgan fingerprint density at radius 3 is 2.93 bits per heavy atom. The van der Waals surface area contributed by atoms with Gasteiger partial charge >= 0.3 is 0 Å². The molecule has 0 bridgehead atoms. The highest BCUT2D eigenvalue weighted by Gasteiger charge is 2.23. The Labute approximate surface area is 167 Å². The summed E-state index contributed by atoms with van der Waals surface area (Å²) in [7, 11) is 1.99. The van der Waals surface area contributed by atoms with Gasteiger partial charge in [-0.1, -0.05) is 19.6 Å². The van der Waals surface area contributed by atoms with Crippen LogP contribution in [-0.2, 0) is 11.8 Å². The van der Waals surface area contributed by atoms with Gasteiger partial charge in [-0.25, -0.2) is 4.99 Å². The molecule has 1 fully saturated rings. The average molecular weight is 382 g/mol. The number of rotatable bonds is 5. The molecule has 1 aliphatic heterocycles. The fourth-order valence-corrected chi connectivity index (χ4v) is 3.51. The highest BCUT2D eigenvalue weighted by molar-refractivity contribution is 5.74. The van der Waals surface area contributed by atoms with E-state index in [0.717, 1.165) is 52.8 Å². The minimum atomic E-state index is 0.0430. The predicted octanol–water partition coefficient (Wildman–Crippen LogP) is 3.21. The van der Waals surface area contributed by atoms with Crippen LogP contribution < -0.4 is 20.6 Å². The van der Waals surface area contributed by atoms with Gasteiger partial charge in [-0.3, -0.25) is 0 Å². The van der Waals surface area contributed by atoms with E-state index in [1.807, 2.05) is 36.9 Å². The van der Waals surface area contributed by atoms with Gasteiger partial charge < -0.3 is 19.4 Å². The molecule has 0 aliphatic carbocycles. The Bertz CT molecular complexity index is 945. The lowest BCUT2D eigenvalue weighted by Gasteiger charge is -2.24. The quantitative estimate of drug-likeness (QED) is 0.809. The Morgan fingerprint density at radius 1 is 1.39 bits per heavy atom. The molecule has 0 amide bonds. The van der Waals surface area contributed by atoms with Crippen molar-refractivity contribution < 1.29 is 9.47 Å². The van der Waals surface area contributed by atoms with Gasteiger partial charge in [-0.2, -0.15) is 0 Å². The summed E-state index contributed by atoms with van der Waals surface area (Å²) in [6, 6.07) is 8.18. The first-order valence-corrected chi connectivity index (χ1v) is 9.95. The third-order valence-electron chi connectivity index (χ3n) is 5.17. The van der Waals surface area contributed by atoms with Crippen molar-refractivity contribution in [1.82, 2.24) is 4.57 Å². The second kappa shape index (κ2) is 9.11. The van der Waals surface area contributed by atoms with Gasteiger partial charge in [0.15, 0.2) is 5.82 Å². The number of benzene rings is 1. The fourth-order valence-electron chi connectivity index (χ4n) is 3.51. The SMILES string of the molecule is C=c1ccn(C)/c1=C(/N=CC)Nc1ccc(C)cc1O[C@@H]1COCCCC1C. The first-order chi connectivity index (χ1) is 13.5. The Morgan fingerprint density at radius 2 is 2.21 bits per heavy atom. The Kier molecular flexibility index (Phi) is 6.57. The molecule has 1 aromatic carbocycles. The number of nitrogens with zero attached hydrogens (tertiary/aromatic N) is 2. The predicted molar refractivity (Wildman–Crippen MR) is 116 cm³/mol. The van der Waals surface area contributed by atoms with Crippen LogP contribution in [0.15, 0.2) is 35.5 Å². The molecule has 1 unspecified atom stereocenters. The normalized spacial score (nSPS) is 21.4. The summed E-state index contributed by atoms with van der Waals surface area (Å²) < 4.78 is 14.2. The summed E-state index contributed by atoms with van der Waals surface area (Å²) in [6.07, 6.45) is 6.02. The summed E-state index contributed by atoms with van der Waals surface area (Å²) >= 11 is 0. The van der Waals surface area contributed by atoms with Crippen molar-refractivity contribution in [2.75, 3.05) is 18.5 Å². The molecular formula is C23H31N3O2. The van der Waals surface area contributed by atoms with Crippen LogP contribution in [0.3, 0.4) is 0 Å². The summed E-state index contributed by atoms with van der Waals surface area (Å²) in [6.45, 7) is 11.8. The average Bonchev–Trinajstić information content (AvgIpc) is 2.86. The largest absolute Gasteiger partial charge is 0.486 e. The fraction of sp³-hybridized carbons (Fsp3) is 0.435. The number of aromatic nitrogens is 1. The number of aryl methyl sites for hydroxylation is 2. The van der Waals surface area contributed by atoms with E-state index in [9.17, 15) is 0 Å². The van der Waals surface area contributed by atoms with Gasteiger partial charge in [0.2, 0.25) is 0 Å². The van der Waals surface area contributed by atoms with E-state index in [1.54, 1.807) is 6.21 Å². The van der Waals surface area contributed by atoms with Crippen LogP contribution >= 0.6 is 0 Å². The number of anilines is 1. The van der Waals surface area contributed by atoms with Crippen molar-refractivity contribution in [3.8, 4) is 5.75 Å². The zero-order valence-corrected chi connectivity index (χ0v) is 17.4. The van der Waals surface area contributed by atoms with Gasteiger partial charge in [0.05, 0.1) is 17.6 Å². The Balaban J connectivity index is 1.98. The minimum Gasteiger partial charge on any atom is -0.486 e. The van der Waals surface area contributed by atoms with Crippen LogP contribution in [-0.4, -0.2) is 30.1 Å². The number of hydrogen-bond donors (Lipinski definition) is 1. The zero-order valence-electron chi connectivity index (χ0n) is 17.4. The van der Waals surface area contributed by atoms with E-state index in [-0.39, 0.29) is 6.10 Å². The summed E-state index contributed by atoms with van der Waals surface area (Å²) in [5.41, 5.74) is 2.04. The van der Waals surface area contributed by atoms with Gasteiger partial charge in [-0.05, 0) is 61.6 Å². The topological polar surface area (TPSA) is 47.8 Å². The van der Waals surface area contributed by atoms with Crippen molar-refractivity contribution >= 4 is 24.3 Å². The molecule has 0 saturated carbocycles. The van der Waals surface area contributed by atoms with Gasteiger partial charge in [-0.15, -0.1) is 0 Å². The van der Waals surface area contributed by atoms with Crippen molar-refractivity contribution in [2.24, 2.45) is 18.0 Å². The van der Waals surface area contributed by atoms with Crippen LogP contribution in [0.25, 0.3) is 12.4 Å².